The summed E-state index contributed by atoms with van der Waals surface area (Å²) in [5, 5.41) is 15.2. The van der Waals surface area contributed by atoms with Gasteiger partial charge in [-0.15, -0.1) is 16.4 Å². The van der Waals surface area contributed by atoms with Crippen molar-refractivity contribution in [3.8, 4) is 11.4 Å². The van der Waals surface area contributed by atoms with Gasteiger partial charge in [0.1, 0.15) is 0 Å². The van der Waals surface area contributed by atoms with Crippen LogP contribution in [0.5, 0.6) is 0 Å². The minimum atomic E-state index is -3.27. The van der Waals surface area contributed by atoms with Crippen LogP contribution < -0.4 is 5.32 Å². The highest BCUT2D eigenvalue weighted by Crippen LogP contribution is 2.43. The van der Waals surface area contributed by atoms with Gasteiger partial charge < -0.3 is 5.32 Å². The second-order valence-corrected chi connectivity index (χ2v) is 13.0. The Morgan fingerprint density at radius 3 is 2.39 bits per heavy atom. The molecule has 1 atom stereocenters. The number of thiazole rings is 1. The molecule has 0 bridgehead atoms. The maximum Gasteiger partial charge on any atom is 0.230 e. The summed E-state index contributed by atoms with van der Waals surface area (Å²) in [4.78, 5) is 21.3. The third-order valence-corrected chi connectivity index (χ3v) is 8.66. The van der Waals surface area contributed by atoms with Crippen molar-refractivity contribution in [1.82, 2.24) is 30.1 Å². The molecule has 198 valence electrons. The first-order chi connectivity index (χ1) is 18.1. The van der Waals surface area contributed by atoms with Gasteiger partial charge in [0.05, 0.1) is 23.1 Å². The molecule has 12 heteroatoms. The van der Waals surface area contributed by atoms with Crippen molar-refractivity contribution >= 4 is 32.2 Å². The first kappa shape index (κ1) is 26.1. The number of hydrogen-bond acceptors (Lipinski definition) is 9. The molecule has 0 saturated heterocycles. The monoisotopic (exact) mass is 551 g/mol. The number of tetrazole rings is 1. The zero-order chi connectivity index (χ0) is 27.0. The fraction of sp³-hybridized carbons (Fsp3) is 0.346. The topological polar surface area (TPSA) is 123 Å². The number of fused-ring (bicyclic) bond motifs is 1. The van der Waals surface area contributed by atoms with Crippen LogP contribution in [0.4, 0.5) is 5.13 Å². The number of nitrogens with zero attached hydrogens (tertiary/aromatic N) is 6. The SMILES string of the molecule is CC(C)C1c2nc(NC(=O)Cc3ccc(S(C)(=O)=O)cc3)sc2CN1Cc1ccc(-c2nnnn2C)cc1. The van der Waals surface area contributed by atoms with E-state index >= 15 is 0 Å². The van der Waals surface area contributed by atoms with Gasteiger partial charge in [-0.05, 0) is 39.6 Å². The van der Waals surface area contributed by atoms with Gasteiger partial charge in [0.2, 0.25) is 5.91 Å². The van der Waals surface area contributed by atoms with Crippen LogP contribution in [0.1, 0.15) is 41.6 Å². The van der Waals surface area contributed by atoms with Crippen LogP contribution in [0.2, 0.25) is 0 Å². The number of carbonyl (C=O) groups excluding carboxylic acids is 1. The molecular formula is C26H29N7O3S2. The first-order valence-electron chi connectivity index (χ1n) is 12.2. The number of amides is 1. The number of nitrogens with one attached hydrogen (secondary N) is 1. The highest BCUT2D eigenvalue weighted by molar-refractivity contribution is 7.90. The molecule has 2 aromatic heterocycles. The van der Waals surface area contributed by atoms with Gasteiger partial charge in [-0.1, -0.05) is 50.2 Å². The van der Waals surface area contributed by atoms with E-state index in [2.05, 4.69) is 51.7 Å². The summed E-state index contributed by atoms with van der Waals surface area (Å²) < 4.78 is 24.9. The Balaban J connectivity index is 1.24. The number of sulfone groups is 1. The zero-order valence-corrected chi connectivity index (χ0v) is 23.3. The summed E-state index contributed by atoms with van der Waals surface area (Å²) >= 11 is 1.52. The molecule has 3 heterocycles. The molecule has 1 aliphatic heterocycles. The van der Waals surface area contributed by atoms with E-state index in [1.807, 2.05) is 19.2 Å². The molecule has 10 nitrogen and oxygen atoms in total. The molecule has 1 unspecified atom stereocenters. The largest absolute Gasteiger partial charge is 0.302 e. The summed E-state index contributed by atoms with van der Waals surface area (Å²) in [5.41, 5.74) is 3.93. The molecule has 1 amide bonds. The average Bonchev–Trinajstić information content (AvgIpc) is 3.53. The lowest BCUT2D eigenvalue weighted by Gasteiger charge is -2.27. The maximum atomic E-state index is 12.7. The second-order valence-electron chi connectivity index (χ2n) is 9.89. The number of aromatic nitrogens is 5. The van der Waals surface area contributed by atoms with E-state index in [0.717, 1.165) is 42.0 Å². The molecule has 0 spiro atoms. The first-order valence-corrected chi connectivity index (χ1v) is 14.9. The van der Waals surface area contributed by atoms with E-state index in [1.165, 1.54) is 33.9 Å². The summed E-state index contributed by atoms with van der Waals surface area (Å²) in [7, 11) is -1.45. The van der Waals surface area contributed by atoms with Crippen LogP contribution in [-0.2, 0) is 41.2 Å². The number of rotatable bonds is 8. The smallest absolute Gasteiger partial charge is 0.230 e. The van der Waals surface area contributed by atoms with Gasteiger partial charge >= 0.3 is 0 Å². The summed E-state index contributed by atoms with van der Waals surface area (Å²) in [6.45, 7) is 5.94. The van der Waals surface area contributed by atoms with E-state index in [1.54, 1.807) is 16.8 Å². The predicted octanol–water partition coefficient (Wildman–Crippen LogP) is 3.63. The van der Waals surface area contributed by atoms with E-state index in [0.29, 0.717) is 11.0 Å². The Morgan fingerprint density at radius 1 is 1.11 bits per heavy atom. The summed E-state index contributed by atoms with van der Waals surface area (Å²) in [5.74, 6) is 0.893. The quantitative estimate of drug-likeness (QED) is 0.352. The molecule has 1 aliphatic rings. The van der Waals surface area contributed by atoms with E-state index in [9.17, 15) is 13.2 Å². The second kappa shape index (κ2) is 10.4. The van der Waals surface area contributed by atoms with Crippen LogP contribution >= 0.6 is 11.3 Å². The molecule has 0 aliphatic carbocycles. The Bertz CT molecular complexity index is 1560. The van der Waals surface area contributed by atoms with Crippen molar-refractivity contribution < 1.29 is 13.2 Å². The fourth-order valence-electron chi connectivity index (χ4n) is 4.78. The van der Waals surface area contributed by atoms with Crippen molar-refractivity contribution in [3.63, 3.8) is 0 Å². The van der Waals surface area contributed by atoms with Gasteiger partial charge in [-0.3, -0.25) is 9.69 Å². The fourth-order valence-corrected chi connectivity index (χ4v) is 6.45. The van der Waals surface area contributed by atoms with E-state index in [-0.39, 0.29) is 23.3 Å². The third-order valence-electron chi connectivity index (χ3n) is 6.56. The van der Waals surface area contributed by atoms with Crippen molar-refractivity contribution in [3.05, 3.63) is 70.2 Å². The van der Waals surface area contributed by atoms with Gasteiger partial charge in [-0.25, -0.2) is 18.1 Å². The predicted molar refractivity (Wildman–Crippen MR) is 145 cm³/mol. The van der Waals surface area contributed by atoms with Gasteiger partial charge in [0, 0.05) is 36.8 Å². The lowest BCUT2D eigenvalue weighted by molar-refractivity contribution is -0.115. The number of hydrogen-bond donors (Lipinski definition) is 1. The van der Waals surface area contributed by atoms with Crippen LogP contribution in [0, 0.1) is 5.92 Å². The van der Waals surface area contributed by atoms with Crippen molar-refractivity contribution in [1.29, 1.82) is 0 Å². The minimum absolute atomic E-state index is 0.147. The van der Waals surface area contributed by atoms with E-state index in [4.69, 9.17) is 4.98 Å². The minimum Gasteiger partial charge on any atom is -0.302 e. The molecule has 0 radical (unpaired) electrons. The average molecular weight is 552 g/mol. The normalized spacial score (nSPS) is 15.7. The van der Waals surface area contributed by atoms with Gasteiger partial charge in [0.15, 0.2) is 20.8 Å². The molecular weight excluding hydrogens is 522 g/mol. The Morgan fingerprint density at radius 2 is 1.79 bits per heavy atom. The summed E-state index contributed by atoms with van der Waals surface area (Å²) in [6, 6.07) is 14.8. The van der Waals surface area contributed by atoms with Crippen molar-refractivity contribution in [2.24, 2.45) is 13.0 Å². The highest BCUT2D eigenvalue weighted by atomic mass is 32.2. The third kappa shape index (κ3) is 5.52. The molecule has 5 rings (SSSR count). The standard InChI is InChI=1S/C26H29N7O3S2/c1-16(2)24-23-21(15-33(24)14-18-5-9-19(10-6-18)25-29-30-31-32(25)3)37-26(28-23)27-22(34)13-17-7-11-20(12-8-17)38(4,35)36/h5-12,16,24H,13-15H2,1-4H3,(H,27,28,34). The van der Waals surface area contributed by atoms with Gasteiger partial charge in [0.25, 0.3) is 0 Å². The van der Waals surface area contributed by atoms with Crippen molar-refractivity contribution in [2.45, 2.75) is 44.3 Å². The van der Waals surface area contributed by atoms with E-state index < -0.39 is 9.84 Å². The summed E-state index contributed by atoms with van der Waals surface area (Å²) in [6.07, 6.45) is 1.31. The van der Waals surface area contributed by atoms with Crippen LogP contribution in [0.15, 0.2) is 53.4 Å². The lowest BCUT2D eigenvalue weighted by atomic mass is 10.0. The highest BCUT2D eigenvalue weighted by Gasteiger charge is 2.36. The number of benzene rings is 2. The number of anilines is 1. The van der Waals surface area contributed by atoms with Crippen LogP contribution in [0.3, 0.4) is 0 Å². The molecule has 4 aromatic rings. The molecule has 38 heavy (non-hydrogen) atoms. The zero-order valence-electron chi connectivity index (χ0n) is 21.6. The van der Waals surface area contributed by atoms with Crippen LogP contribution in [0.25, 0.3) is 11.4 Å². The maximum absolute atomic E-state index is 12.7. The number of aryl methyl sites for hydroxylation is 1. The Kier molecular flexibility index (Phi) is 7.12. The lowest BCUT2D eigenvalue weighted by Crippen LogP contribution is -2.26. The Hall–Kier alpha value is -3.48. The number of carbonyl (C=O) groups is 1. The van der Waals surface area contributed by atoms with Crippen LogP contribution in [-0.4, -0.2) is 50.7 Å². The van der Waals surface area contributed by atoms with Crippen molar-refractivity contribution in [2.75, 3.05) is 11.6 Å². The molecule has 0 saturated carbocycles. The molecule has 0 fully saturated rings. The molecule has 1 N–H and O–H groups in total. The molecule has 2 aromatic carbocycles. The van der Waals surface area contributed by atoms with Gasteiger partial charge in [-0.2, -0.15) is 0 Å². The Labute approximate surface area is 225 Å².